The van der Waals surface area contributed by atoms with Crippen LogP contribution in [0.1, 0.15) is 23.2 Å². The number of nitrogens with one attached hydrogen (secondary N) is 1. The number of aromatic nitrogens is 2. The number of hydrogen-bond donors (Lipinski definition) is 1. The molecule has 7 heteroatoms. The minimum absolute atomic E-state index is 0.220. The first-order chi connectivity index (χ1) is 12.2. The third kappa shape index (κ3) is 3.32. The van der Waals surface area contributed by atoms with Crippen molar-refractivity contribution in [2.45, 2.75) is 17.7 Å². The van der Waals surface area contributed by atoms with Crippen LogP contribution in [0.15, 0.2) is 53.7 Å². The van der Waals surface area contributed by atoms with Gasteiger partial charge in [-0.15, -0.1) is 0 Å². The Morgan fingerprint density at radius 1 is 1.16 bits per heavy atom. The van der Waals surface area contributed by atoms with E-state index in [-0.39, 0.29) is 11.7 Å². The third-order valence-electron chi connectivity index (χ3n) is 4.30. The van der Waals surface area contributed by atoms with Gasteiger partial charge in [0, 0.05) is 29.9 Å². The van der Waals surface area contributed by atoms with Crippen molar-refractivity contribution >= 4 is 29.1 Å². The Morgan fingerprint density at radius 2 is 1.92 bits per heavy atom. The second-order valence-corrected chi connectivity index (χ2v) is 6.83. The van der Waals surface area contributed by atoms with Gasteiger partial charge in [-0.2, -0.15) is 5.10 Å². The summed E-state index contributed by atoms with van der Waals surface area (Å²) in [6, 6.07) is 10.0. The van der Waals surface area contributed by atoms with E-state index in [9.17, 15) is 9.18 Å². The summed E-state index contributed by atoms with van der Waals surface area (Å²) < 4.78 is 17.4. The molecule has 0 spiro atoms. The minimum Gasteiger partial charge on any atom is -0.371 e. The minimum atomic E-state index is -0.298. The van der Waals surface area contributed by atoms with Gasteiger partial charge in [-0.3, -0.25) is 9.52 Å². The second kappa shape index (κ2) is 6.76. The van der Waals surface area contributed by atoms with Crippen LogP contribution in [0.3, 0.4) is 0 Å². The van der Waals surface area contributed by atoms with Gasteiger partial charge >= 0.3 is 0 Å². The van der Waals surface area contributed by atoms with Crippen molar-refractivity contribution in [3.05, 3.63) is 60.2 Å². The molecule has 1 amide bonds. The molecule has 2 aromatic heterocycles. The normalized spacial score (nSPS) is 14.2. The maximum atomic E-state index is 12.9. The number of hydrogen-bond acceptors (Lipinski definition) is 4. The fraction of sp³-hybridized carbons (Fsp3) is 0.222. The van der Waals surface area contributed by atoms with Crippen LogP contribution in [0.2, 0.25) is 0 Å². The molecule has 1 N–H and O–H groups in total. The number of carbonyl (C=O) groups is 1. The molecule has 25 heavy (non-hydrogen) atoms. The van der Waals surface area contributed by atoms with E-state index in [0.29, 0.717) is 5.56 Å². The molecular weight excluding hydrogens is 339 g/mol. The fourth-order valence-corrected chi connectivity index (χ4v) is 3.57. The predicted octanol–water partition coefficient (Wildman–Crippen LogP) is 3.51. The van der Waals surface area contributed by atoms with E-state index < -0.39 is 0 Å². The zero-order valence-electron chi connectivity index (χ0n) is 13.5. The summed E-state index contributed by atoms with van der Waals surface area (Å²) in [6.07, 6.45) is 5.86. The quantitative estimate of drug-likeness (QED) is 0.727. The zero-order valence-corrected chi connectivity index (χ0v) is 14.3. The average molecular weight is 356 g/mol. The number of anilines is 1. The van der Waals surface area contributed by atoms with Gasteiger partial charge in [0.25, 0.3) is 5.91 Å². The van der Waals surface area contributed by atoms with Crippen molar-refractivity contribution in [1.82, 2.24) is 14.3 Å². The number of nitrogens with zero attached hydrogens (tertiary/aromatic N) is 3. The van der Waals surface area contributed by atoms with Crippen LogP contribution in [0.5, 0.6) is 0 Å². The van der Waals surface area contributed by atoms with Gasteiger partial charge in [0.2, 0.25) is 0 Å². The van der Waals surface area contributed by atoms with Crippen LogP contribution < -0.4 is 9.62 Å². The number of fused-ring (bicyclic) bond motifs is 1. The smallest absolute Gasteiger partial charge is 0.265 e. The number of pyridine rings is 1. The predicted molar refractivity (Wildman–Crippen MR) is 96.4 cm³/mol. The largest absolute Gasteiger partial charge is 0.371 e. The van der Waals surface area contributed by atoms with Crippen molar-refractivity contribution < 1.29 is 9.18 Å². The Hall–Kier alpha value is -2.54. The Balaban J connectivity index is 1.54. The SMILES string of the molecule is O=C(NSc1ccc(F)cc1)c1cnn2ccc(N3CCCC3)cc12. The first kappa shape index (κ1) is 16.0. The maximum absolute atomic E-state index is 12.9. The van der Waals surface area contributed by atoms with Crippen molar-refractivity contribution in [1.29, 1.82) is 0 Å². The summed E-state index contributed by atoms with van der Waals surface area (Å²) in [6.45, 7) is 2.10. The molecule has 0 unspecified atom stereocenters. The van der Waals surface area contributed by atoms with Gasteiger partial charge in [-0.05, 0) is 61.2 Å². The number of amides is 1. The van der Waals surface area contributed by atoms with E-state index in [1.807, 2.05) is 18.3 Å². The van der Waals surface area contributed by atoms with E-state index in [1.54, 1.807) is 22.8 Å². The highest BCUT2D eigenvalue weighted by atomic mass is 32.2. The molecule has 128 valence electrons. The summed E-state index contributed by atoms with van der Waals surface area (Å²) >= 11 is 1.16. The van der Waals surface area contributed by atoms with Gasteiger partial charge in [0.1, 0.15) is 5.82 Å². The molecule has 0 saturated carbocycles. The Morgan fingerprint density at radius 3 is 2.68 bits per heavy atom. The summed E-state index contributed by atoms with van der Waals surface area (Å²) in [5, 5.41) is 4.25. The van der Waals surface area contributed by atoms with Crippen LogP contribution in [0, 0.1) is 5.82 Å². The second-order valence-electron chi connectivity index (χ2n) is 5.95. The van der Waals surface area contributed by atoms with Crippen molar-refractivity contribution in [3.63, 3.8) is 0 Å². The lowest BCUT2D eigenvalue weighted by molar-refractivity contribution is 0.0986. The highest BCUT2D eigenvalue weighted by Gasteiger charge is 2.17. The molecule has 0 radical (unpaired) electrons. The van der Waals surface area contributed by atoms with E-state index in [0.717, 1.165) is 41.1 Å². The number of halogens is 1. The summed E-state index contributed by atoms with van der Waals surface area (Å²) in [5.74, 6) is -0.518. The van der Waals surface area contributed by atoms with Crippen LogP contribution in [0.4, 0.5) is 10.1 Å². The van der Waals surface area contributed by atoms with Crippen molar-refractivity contribution in [3.8, 4) is 0 Å². The first-order valence-electron chi connectivity index (χ1n) is 8.16. The molecule has 1 aromatic carbocycles. The monoisotopic (exact) mass is 356 g/mol. The molecule has 0 aliphatic carbocycles. The molecule has 1 aliphatic rings. The average Bonchev–Trinajstić information content (AvgIpc) is 3.30. The molecule has 0 atom stereocenters. The number of carbonyl (C=O) groups excluding carboxylic acids is 1. The summed E-state index contributed by atoms with van der Waals surface area (Å²) in [4.78, 5) is 15.6. The van der Waals surface area contributed by atoms with E-state index in [2.05, 4.69) is 14.7 Å². The number of benzene rings is 1. The summed E-state index contributed by atoms with van der Waals surface area (Å²) in [7, 11) is 0. The molecule has 4 rings (SSSR count). The lowest BCUT2D eigenvalue weighted by atomic mass is 10.2. The zero-order chi connectivity index (χ0) is 17.2. The van der Waals surface area contributed by atoms with E-state index in [4.69, 9.17) is 0 Å². The molecular formula is C18H17FN4OS. The van der Waals surface area contributed by atoms with Gasteiger partial charge in [-0.1, -0.05) is 0 Å². The van der Waals surface area contributed by atoms with Crippen molar-refractivity contribution in [2.75, 3.05) is 18.0 Å². The summed E-state index contributed by atoms with van der Waals surface area (Å²) in [5.41, 5.74) is 2.42. The van der Waals surface area contributed by atoms with Crippen LogP contribution >= 0.6 is 11.9 Å². The molecule has 1 aliphatic heterocycles. The van der Waals surface area contributed by atoms with E-state index >= 15 is 0 Å². The first-order valence-corrected chi connectivity index (χ1v) is 8.97. The topological polar surface area (TPSA) is 49.6 Å². The standard InChI is InChI=1S/C18H17FN4OS/c19-13-3-5-15(6-4-13)25-21-18(24)16-12-20-23-10-7-14(11-17(16)23)22-8-1-2-9-22/h3-7,10-12H,1-2,8-9H2,(H,21,24). The molecule has 3 heterocycles. The Bertz CT molecular complexity index is 903. The molecule has 3 aromatic rings. The fourth-order valence-electron chi connectivity index (χ4n) is 2.98. The van der Waals surface area contributed by atoms with Gasteiger partial charge < -0.3 is 4.90 Å². The Kier molecular flexibility index (Phi) is 4.31. The van der Waals surface area contributed by atoms with Gasteiger partial charge in [0.05, 0.1) is 17.3 Å². The van der Waals surface area contributed by atoms with Crippen LogP contribution in [-0.4, -0.2) is 28.6 Å². The van der Waals surface area contributed by atoms with Crippen molar-refractivity contribution in [2.24, 2.45) is 0 Å². The Labute approximate surface area is 149 Å². The maximum Gasteiger partial charge on any atom is 0.265 e. The van der Waals surface area contributed by atoms with Gasteiger partial charge in [0.15, 0.2) is 0 Å². The lowest BCUT2D eigenvalue weighted by Crippen LogP contribution is -2.18. The lowest BCUT2D eigenvalue weighted by Gasteiger charge is -2.17. The highest BCUT2D eigenvalue weighted by Crippen LogP contribution is 2.24. The van der Waals surface area contributed by atoms with Gasteiger partial charge in [-0.25, -0.2) is 8.91 Å². The van der Waals surface area contributed by atoms with Crippen LogP contribution in [-0.2, 0) is 0 Å². The third-order valence-corrected chi connectivity index (χ3v) is 5.09. The molecule has 0 bridgehead atoms. The molecule has 1 saturated heterocycles. The molecule has 1 fully saturated rings. The molecule has 5 nitrogen and oxygen atoms in total. The highest BCUT2D eigenvalue weighted by molar-refractivity contribution is 7.98. The van der Waals surface area contributed by atoms with Crippen LogP contribution in [0.25, 0.3) is 5.52 Å². The van der Waals surface area contributed by atoms with E-state index in [1.165, 1.54) is 25.0 Å². The number of rotatable bonds is 4.